The van der Waals surface area contributed by atoms with Crippen LogP contribution in [0.15, 0.2) is 370 Å². The molecular weight excluding hydrogens is 1430 g/mol. The number of para-hydroxylation sites is 3. The number of nitrogens with zero attached hydrogens (tertiary/aromatic N) is 5. The van der Waals surface area contributed by atoms with Crippen LogP contribution in [-0.4, -0.2) is 15.8 Å². The van der Waals surface area contributed by atoms with Gasteiger partial charge in [0.15, 0.2) is 0 Å². The highest BCUT2D eigenvalue weighted by molar-refractivity contribution is 7.00. The summed E-state index contributed by atoms with van der Waals surface area (Å²) >= 11 is 0. The van der Waals surface area contributed by atoms with Crippen molar-refractivity contribution in [1.29, 1.82) is 0 Å². The van der Waals surface area contributed by atoms with Gasteiger partial charge in [0.1, 0.15) is 0 Å². The molecule has 16 aromatic carbocycles. The molecule has 4 heterocycles. The van der Waals surface area contributed by atoms with Crippen molar-refractivity contribution < 1.29 is 0 Å². The number of anilines is 6. The molecule has 0 atom stereocenters. The molecule has 572 valence electrons. The molecule has 5 nitrogen and oxygen atoms in total. The highest BCUT2D eigenvalue weighted by atomic mass is 15.2. The molecule has 0 saturated carbocycles. The van der Waals surface area contributed by atoms with Crippen molar-refractivity contribution in [3.8, 4) is 55.9 Å². The molecule has 0 N–H and O–H groups in total. The van der Waals surface area contributed by atoms with Crippen molar-refractivity contribution in [3.63, 3.8) is 0 Å². The fraction of sp³-hybridized carbons (Fsp3) is 0.143. The summed E-state index contributed by atoms with van der Waals surface area (Å²) in [6.45, 7) is 22.5. The van der Waals surface area contributed by atoms with Gasteiger partial charge >= 0.3 is 0 Å². The van der Waals surface area contributed by atoms with E-state index >= 15 is 0 Å². The van der Waals surface area contributed by atoms with E-state index in [1.807, 2.05) is 0 Å². The Morgan fingerprint density at radius 3 is 1.24 bits per heavy atom. The minimum absolute atomic E-state index is 0.0124. The Hall–Kier alpha value is -13.4. The van der Waals surface area contributed by atoms with Crippen LogP contribution in [0.1, 0.15) is 107 Å². The van der Waals surface area contributed by atoms with Gasteiger partial charge in [-0.1, -0.05) is 311 Å². The Balaban J connectivity index is 0.867. The molecule has 0 bridgehead atoms. The van der Waals surface area contributed by atoms with E-state index in [2.05, 4.69) is 456 Å². The van der Waals surface area contributed by atoms with Crippen LogP contribution in [0.3, 0.4) is 0 Å². The zero-order valence-electron chi connectivity index (χ0n) is 68.9. The summed E-state index contributed by atoms with van der Waals surface area (Å²) in [4.78, 5) is 8.03. The van der Waals surface area contributed by atoms with Gasteiger partial charge in [-0.05, 0) is 249 Å². The minimum Gasteiger partial charge on any atom is -0.338 e. The fourth-order valence-electron chi connectivity index (χ4n) is 18.9. The molecule has 0 amide bonds. The molecule has 2 aliphatic heterocycles. The van der Waals surface area contributed by atoms with Crippen LogP contribution in [-0.2, 0) is 42.3 Å². The molecule has 0 spiro atoms. The molecule has 2 aromatic heterocycles. The van der Waals surface area contributed by atoms with Gasteiger partial charge in [-0.2, -0.15) is 0 Å². The first-order valence-corrected chi connectivity index (χ1v) is 41.9. The molecule has 0 radical (unpaired) electrons. The molecule has 18 aromatic rings. The lowest BCUT2D eigenvalue weighted by atomic mass is 9.33. The average Bonchev–Trinajstić information content (AvgIpc) is 0.783. The van der Waals surface area contributed by atoms with E-state index in [0.717, 1.165) is 29.2 Å². The number of rotatable bonds is 16. The number of hydrogen-bond donors (Lipinski definition) is 0. The van der Waals surface area contributed by atoms with Crippen LogP contribution < -0.4 is 31.1 Å². The standard InChI is InChI=1S/C112H96BN5/c1-110(2,3)85-40-29-31-75(64-85)61-76-49-57-99-105(65-76)116(74-98-92(81-36-19-12-20-37-81)45-30-46-93(98)82-38-21-13-22-39-82)108-67-78(72-114(88-41-23-14-24-42-88)89-52-54-90(55-53-89)117-101-47-27-25-43-94(101)95-44-26-28-48-102(95)117)66-107-109(108)113(99)100-58-56-91(118-103-59-50-86(111(4,5)6)69-96(103)97-70-87(112(7,8)9)51-60-104(97)118)71-106(100)115(107)73-77-62-83(79-32-15-10-16-33-79)68-84(63-77)80-34-17-11-18-35-80/h10-60,62-71H,61,72-74H2,1-9H3. The monoisotopic (exact) mass is 1520 g/mol. The summed E-state index contributed by atoms with van der Waals surface area (Å²) in [6, 6.07) is 141. The number of benzene rings is 16. The van der Waals surface area contributed by atoms with Crippen LogP contribution in [0.4, 0.5) is 34.1 Å². The zero-order valence-corrected chi connectivity index (χ0v) is 68.9. The summed E-state index contributed by atoms with van der Waals surface area (Å²) in [6.07, 6.45) is 0.777. The van der Waals surface area contributed by atoms with Crippen molar-refractivity contribution in [3.05, 3.63) is 415 Å². The van der Waals surface area contributed by atoms with E-state index in [4.69, 9.17) is 0 Å². The third-order valence-corrected chi connectivity index (χ3v) is 25.0. The SMILES string of the molecule is CC(C)(C)c1cccc(Cc2ccc3c(c2)N(Cc2c(-c4ccccc4)cccc2-c2ccccc2)c2cc(CN(c4ccccc4)c4ccc(-n5c6ccccc6c6ccccc65)cc4)cc4c2B3c2ccc(-n3c5ccc(C(C)(C)C)cc5c5cc(C(C)(C)C)ccc53)cc2N4Cc2cc(-c3ccccc3)cc(-c3ccccc3)c2)c1. The van der Waals surface area contributed by atoms with E-state index in [1.165, 1.54) is 172 Å². The van der Waals surface area contributed by atoms with Crippen LogP contribution in [0.2, 0.25) is 0 Å². The first-order valence-electron chi connectivity index (χ1n) is 41.9. The minimum atomic E-state index is -0.183. The van der Waals surface area contributed by atoms with Crippen molar-refractivity contribution in [1.82, 2.24) is 9.13 Å². The summed E-state index contributed by atoms with van der Waals surface area (Å²) < 4.78 is 4.99. The Morgan fingerprint density at radius 1 is 0.271 bits per heavy atom. The van der Waals surface area contributed by atoms with E-state index in [0.29, 0.717) is 19.6 Å². The highest BCUT2D eigenvalue weighted by Gasteiger charge is 2.44. The van der Waals surface area contributed by atoms with Crippen molar-refractivity contribution >= 4 is 101 Å². The molecule has 2 aliphatic rings. The van der Waals surface area contributed by atoms with E-state index in [9.17, 15) is 0 Å². The van der Waals surface area contributed by atoms with Gasteiger partial charge in [0.2, 0.25) is 0 Å². The first-order chi connectivity index (χ1) is 57.4. The lowest BCUT2D eigenvalue weighted by Gasteiger charge is -2.45. The first kappa shape index (κ1) is 73.5. The van der Waals surface area contributed by atoms with Gasteiger partial charge < -0.3 is 23.8 Å². The summed E-state index contributed by atoms with van der Waals surface area (Å²) in [5.74, 6) is 0. The summed E-state index contributed by atoms with van der Waals surface area (Å²) in [5, 5.41) is 5.03. The molecule has 0 aliphatic carbocycles. The van der Waals surface area contributed by atoms with Crippen LogP contribution in [0, 0.1) is 0 Å². The number of hydrogen-bond acceptors (Lipinski definition) is 3. The highest BCUT2D eigenvalue weighted by Crippen LogP contribution is 2.47. The summed E-state index contributed by atoms with van der Waals surface area (Å²) in [7, 11) is 0. The predicted molar refractivity (Wildman–Crippen MR) is 503 cm³/mol. The molecule has 0 saturated heterocycles. The topological polar surface area (TPSA) is 19.6 Å². The number of fused-ring (bicyclic) bond motifs is 10. The predicted octanol–water partition coefficient (Wildman–Crippen LogP) is 27.2. The van der Waals surface area contributed by atoms with E-state index in [1.54, 1.807) is 0 Å². The third kappa shape index (κ3) is 13.4. The van der Waals surface area contributed by atoms with Gasteiger partial charge in [0.05, 0.1) is 22.1 Å². The largest absolute Gasteiger partial charge is 0.338 e. The van der Waals surface area contributed by atoms with Gasteiger partial charge in [-0.3, -0.25) is 0 Å². The van der Waals surface area contributed by atoms with Gasteiger partial charge in [0.25, 0.3) is 6.71 Å². The maximum Gasteiger partial charge on any atom is 0.252 e. The Morgan fingerprint density at radius 2 is 0.695 bits per heavy atom. The van der Waals surface area contributed by atoms with E-state index in [-0.39, 0.29) is 23.0 Å². The van der Waals surface area contributed by atoms with Crippen LogP contribution in [0.5, 0.6) is 0 Å². The molecule has 6 heteroatoms. The lowest BCUT2D eigenvalue weighted by Crippen LogP contribution is -2.62. The Kier molecular flexibility index (Phi) is 18.3. The fourth-order valence-corrected chi connectivity index (χ4v) is 18.9. The molecule has 0 fully saturated rings. The molecule has 0 unspecified atom stereocenters. The molecule has 118 heavy (non-hydrogen) atoms. The molecular formula is C112H96BN5. The second-order valence-electron chi connectivity index (χ2n) is 35.7. The Bertz CT molecular complexity index is 6620. The van der Waals surface area contributed by atoms with Crippen LogP contribution in [0.25, 0.3) is 99.5 Å². The zero-order chi connectivity index (χ0) is 80.1. The lowest BCUT2D eigenvalue weighted by molar-refractivity contribution is 0.589. The second kappa shape index (κ2) is 29.4. The molecule has 20 rings (SSSR count). The normalized spacial score (nSPS) is 12.7. The van der Waals surface area contributed by atoms with E-state index < -0.39 is 0 Å². The smallest absolute Gasteiger partial charge is 0.252 e. The van der Waals surface area contributed by atoms with Gasteiger partial charge in [-0.15, -0.1) is 0 Å². The number of aromatic nitrogens is 2. The quantitative estimate of drug-likeness (QED) is 0.0899. The average molecular weight is 1520 g/mol. The van der Waals surface area contributed by atoms with Gasteiger partial charge in [-0.25, -0.2) is 0 Å². The maximum atomic E-state index is 2.75. The van der Waals surface area contributed by atoms with Crippen molar-refractivity contribution in [2.45, 2.75) is 105 Å². The second-order valence-corrected chi connectivity index (χ2v) is 35.7. The summed E-state index contributed by atoms with van der Waals surface area (Å²) in [5.41, 5.74) is 37.5. The van der Waals surface area contributed by atoms with Crippen molar-refractivity contribution in [2.24, 2.45) is 0 Å². The van der Waals surface area contributed by atoms with Gasteiger partial charge in [0, 0.05) is 86.7 Å². The maximum absolute atomic E-state index is 2.75. The Labute approximate surface area is 695 Å². The van der Waals surface area contributed by atoms with Crippen LogP contribution >= 0.6 is 0 Å². The third-order valence-electron chi connectivity index (χ3n) is 25.0. The van der Waals surface area contributed by atoms with Crippen molar-refractivity contribution in [2.75, 3.05) is 14.7 Å².